The predicted molar refractivity (Wildman–Crippen MR) is 234 cm³/mol. The lowest BCUT2D eigenvalue weighted by atomic mass is 10.0. The molecule has 57 heavy (non-hydrogen) atoms. The zero-order valence-electron chi connectivity index (χ0n) is 31.6. The largest absolute Gasteiger partial charge is 0.265 e. The van der Waals surface area contributed by atoms with Gasteiger partial charge in [0, 0.05) is 95.4 Å². The van der Waals surface area contributed by atoms with Gasteiger partial charge in [-0.05, 0) is 146 Å². The Morgan fingerprint density at radius 2 is 0.842 bits per heavy atom. The van der Waals surface area contributed by atoms with Crippen molar-refractivity contribution in [2.75, 3.05) is 26.2 Å². The van der Waals surface area contributed by atoms with Gasteiger partial charge in [0.1, 0.15) is 0 Å². The topological polar surface area (TPSA) is 83.8 Å². The molecule has 2 fully saturated rings. The van der Waals surface area contributed by atoms with Crippen molar-refractivity contribution in [2.24, 2.45) is 0 Å². The maximum absolute atomic E-state index is 5.00. The average Bonchev–Trinajstić information content (AvgIpc) is 3.80. The number of hydrogen-bond acceptors (Lipinski definition) is 10. The van der Waals surface area contributed by atoms with Crippen molar-refractivity contribution >= 4 is 46.0 Å². The van der Waals surface area contributed by atoms with Gasteiger partial charge in [-0.2, -0.15) is 0 Å². The molecule has 0 N–H and O–H groups in total. The lowest BCUT2D eigenvalue weighted by Crippen LogP contribution is -2.22. The highest BCUT2D eigenvalue weighted by atomic mass is 32.2. The number of hydrogen-bond donors (Lipinski definition) is 0. The Bertz CT molecular complexity index is 2590. The van der Waals surface area contributed by atoms with E-state index in [1.54, 1.807) is 0 Å². The highest BCUT2D eigenvalue weighted by Crippen LogP contribution is 2.34. The molecular weight excluding hydrogens is 741 g/mol. The van der Waals surface area contributed by atoms with Gasteiger partial charge in [-0.25, -0.2) is 18.6 Å². The van der Waals surface area contributed by atoms with Crippen LogP contribution >= 0.6 is 23.9 Å². The Kier molecular flexibility index (Phi) is 11.5. The predicted octanol–water partition coefficient (Wildman–Crippen LogP) is 11.3. The lowest BCUT2D eigenvalue weighted by Gasteiger charge is -2.25. The highest BCUT2D eigenvalue weighted by molar-refractivity contribution is 7.97. The standard InChI is InChI=1S/C24H22N4S.C23H20N4S/c1-2-15-28(16-3-1)29-20-6-4-5-19(17-20)22-7-8-23-24(27-22)21(11-14-26-23)18-9-12-25-13-10-18;1-2-15-27(14-1)28-19-5-3-4-18(16-19)21-6-7-22-23(26-21)20(10-13-25-22)17-8-11-24-12-9-17/h4-14,17H,1-3,15-16H2;3-13,16H,1-2,14-15H2. The third-order valence-corrected chi connectivity index (χ3v) is 12.4. The van der Waals surface area contributed by atoms with E-state index >= 15 is 0 Å². The average molecular weight is 783 g/mol. The fourth-order valence-electron chi connectivity index (χ4n) is 7.36. The number of rotatable bonds is 8. The quantitative estimate of drug-likeness (QED) is 0.139. The van der Waals surface area contributed by atoms with E-state index in [-0.39, 0.29) is 0 Å². The van der Waals surface area contributed by atoms with E-state index in [4.69, 9.17) is 9.97 Å². The summed E-state index contributed by atoms with van der Waals surface area (Å²) in [5.41, 5.74) is 12.2. The number of piperidine rings is 1. The summed E-state index contributed by atoms with van der Waals surface area (Å²) in [7, 11) is 0. The summed E-state index contributed by atoms with van der Waals surface area (Å²) in [6, 6.07) is 37.7. The molecule has 0 spiro atoms. The minimum Gasteiger partial charge on any atom is -0.265 e. The van der Waals surface area contributed by atoms with Gasteiger partial charge in [-0.15, -0.1) is 0 Å². The molecule has 0 saturated carbocycles. The molecule has 2 aliphatic rings. The van der Waals surface area contributed by atoms with E-state index in [1.165, 1.54) is 68.1 Å². The van der Waals surface area contributed by atoms with Crippen LogP contribution in [0.25, 0.3) is 66.8 Å². The van der Waals surface area contributed by atoms with Crippen molar-refractivity contribution in [3.8, 4) is 44.8 Å². The van der Waals surface area contributed by atoms with E-state index in [2.05, 4.69) is 101 Å². The van der Waals surface area contributed by atoms with Crippen LogP contribution in [0, 0.1) is 0 Å². The van der Waals surface area contributed by atoms with Crippen molar-refractivity contribution in [2.45, 2.75) is 41.9 Å². The second-order valence-electron chi connectivity index (χ2n) is 14.2. The van der Waals surface area contributed by atoms with Gasteiger partial charge in [0.15, 0.2) is 0 Å². The molecule has 8 nitrogen and oxygen atoms in total. The summed E-state index contributed by atoms with van der Waals surface area (Å²) >= 11 is 3.71. The summed E-state index contributed by atoms with van der Waals surface area (Å²) < 4.78 is 4.92. The second kappa shape index (κ2) is 17.7. The number of nitrogens with zero attached hydrogens (tertiary/aromatic N) is 8. The van der Waals surface area contributed by atoms with Gasteiger partial charge < -0.3 is 0 Å². The Labute approximate surface area is 342 Å². The van der Waals surface area contributed by atoms with Gasteiger partial charge in [-0.3, -0.25) is 19.9 Å². The van der Waals surface area contributed by atoms with Crippen LogP contribution in [0.2, 0.25) is 0 Å². The van der Waals surface area contributed by atoms with E-state index < -0.39 is 0 Å². The molecule has 0 unspecified atom stereocenters. The van der Waals surface area contributed by atoms with Gasteiger partial charge in [0.05, 0.1) is 33.5 Å². The molecule has 282 valence electrons. The normalized spacial score (nSPS) is 14.7. The Balaban J connectivity index is 0.000000148. The molecule has 8 aromatic rings. The zero-order chi connectivity index (χ0) is 38.2. The monoisotopic (exact) mass is 782 g/mol. The summed E-state index contributed by atoms with van der Waals surface area (Å²) in [5, 5.41) is 0. The minimum atomic E-state index is 0.903. The summed E-state index contributed by atoms with van der Waals surface area (Å²) in [4.78, 5) is 29.8. The Hall–Kier alpha value is -5.52. The fourth-order valence-corrected chi connectivity index (χ4v) is 9.47. The number of aromatic nitrogens is 6. The van der Waals surface area contributed by atoms with Crippen LogP contribution in [0.4, 0.5) is 0 Å². The Morgan fingerprint density at radius 1 is 0.404 bits per heavy atom. The third-order valence-electron chi connectivity index (χ3n) is 10.3. The lowest BCUT2D eigenvalue weighted by molar-refractivity contribution is 0.380. The van der Waals surface area contributed by atoms with Crippen molar-refractivity contribution < 1.29 is 0 Å². The van der Waals surface area contributed by atoms with E-state index in [9.17, 15) is 0 Å². The number of benzene rings is 2. The molecule has 2 aromatic carbocycles. The molecule has 0 amide bonds. The van der Waals surface area contributed by atoms with Crippen molar-refractivity contribution in [3.63, 3.8) is 0 Å². The van der Waals surface area contributed by atoms with Crippen LogP contribution in [0.15, 0.2) is 156 Å². The molecule has 0 radical (unpaired) electrons. The van der Waals surface area contributed by atoms with Crippen molar-refractivity contribution in [1.82, 2.24) is 38.5 Å². The van der Waals surface area contributed by atoms with Crippen LogP contribution in [-0.4, -0.2) is 64.7 Å². The molecule has 0 aliphatic carbocycles. The molecule has 10 heteroatoms. The zero-order valence-corrected chi connectivity index (χ0v) is 33.2. The van der Waals surface area contributed by atoms with Crippen LogP contribution in [0.5, 0.6) is 0 Å². The number of pyridine rings is 6. The van der Waals surface area contributed by atoms with Gasteiger partial charge in [0.2, 0.25) is 0 Å². The third kappa shape index (κ3) is 8.90. The van der Waals surface area contributed by atoms with E-state index in [0.717, 1.165) is 66.8 Å². The molecule has 2 saturated heterocycles. The molecular formula is C47H42N8S2. The summed E-state index contributed by atoms with van der Waals surface area (Å²) in [6.45, 7) is 4.68. The minimum absolute atomic E-state index is 0.903. The summed E-state index contributed by atoms with van der Waals surface area (Å²) in [6.07, 6.45) is 17.5. The highest BCUT2D eigenvalue weighted by Gasteiger charge is 2.15. The van der Waals surface area contributed by atoms with Gasteiger partial charge in [0.25, 0.3) is 0 Å². The molecule has 8 heterocycles. The van der Waals surface area contributed by atoms with Gasteiger partial charge >= 0.3 is 0 Å². The van der Waals surface area contributed by atoms with Crippen molar-refractivity contribution in [3.05, 3.63) is 146 Å². The van der Waals surface area contributed by atoms with Crippen LogP contribution < -0.4 is 0 Å². The van der Waals surface area contributed by atoms with Gasteiger partial charge in [-0.1, -0.05) is 30.7 Å². The first-order valence-electron chi connectivity index (χ1n) is 19.6. The smallest absolute Gasteiger partial charge is 0.0972 e. The first-order chi connectivity index (χ1) is 28.2. The second-order valence-corrected chi connectivity index (χ2v) is 16.5. The maximum atomic E-state index is 5.00. The van der Waals surface area contributed by atoms with E-state index in [0.29, 0.717) is 0 Å². The first-order valence-corrected chi connectivity index (χ1v) is 21.2. The maximum Gasteiger partial charge on any atom is 0.0972 e. The van der Waals surface area contributed by atoms with Crippen LogP contribution in [-0.2, 0) is 0 Å². The van der Waals surface area contributed by atoms with E-state index in [1.807, 2.05) is 97.5 Å². The van der Waals surface area contributed by atoms with Crippen LogP contribution in [0.1, 0.15) is 32.1 Å². The van der Waals surface area contributed by atoms with Crippen LogP contribution in [0.3, 0.4) is 0 Å². The molecule has 6 aromatic heterocycles. The molecule has 0 bridgehead atoms. The molecule has 0 atom stereocenters. The molecule has 2 aliphatic heterocycles. The SMILES string of the molecule is c1cc(SN2CCCC2)cc(-c2ccc3nccc(-c4ccncc4)c3n2)c1.c1cc(SN2CCCCC2)cc(-c2ccc3nccc(-c4ccncc4)c3n2)c1. The Morgan fingerprint density at radius 3 is 1.30 bits per heavy atom. The fraction of sp³-hybridized carbons (Fsp3) is 0.191. The van der Waals surface area contributed by atoms with Crippen molar-refractivity contribution in [1.29, 1.82) is 0 Å². The first kappa shape index (κ1) is 37.1. The number of fused-ring (bicyclic) bond motifs is 2. The summed E-state index contributed by atoms with van der Waals surface area (Å²) in [5.74, 6) is 0. The molecule has 10 rings (SSSR count).